The first-order valence-electron chi connectivity index (χ1n) is 12.9. The summed E-state index contributed by atoms with van der Waals surface area (Å²) >= 11 is 0. The predicted octanol–water partition coefficient (Wildman–Crippen LogP) is 4.55. The summed E-state index contributed by atoms with van der Waals surface area (Å²) in [5.41, 5.74) is 2.35. The molecule has 1 aliphatic carbocycles. The van der Waals surface area contributed by atoms with Gasteiger partial charge in [0.1, 0.15) is 5.75 Å². The Bertz CT molecular complexity index is 993. The number of esters is 1. The average Bonchev–Trinajstić information content (AvgIpc) is 2.87. The zero-order valence-corrected chi connectivity index (χ0v) is 21.5. The zero-order chi connectivity index (χ0) is 25.9. The Morgan fingerprint density at radius 3 is 1.86 bits per heavy atom. The lowest BCUT2D eigenvalue weighted by molar-refractivity contribution is -0.149. The highest BCUT2D eigenvalue weighted by Crippen LogP contribution is 2.28. The maximum Gasteiger partial charge on any atom is 0.308 e. The Labute approximate surface area is 213 Å². The van der Waals surface area contributed by atoms with Crippen LogP contribution in [0.1, 0.15) is 72.7 Å². The molecule has 194 valence electrons. The van der Waals surface area contributed by atoms with Crippen LogP contribution in [0.5, 0.6) is 5.75 Å². The highest BCUT2D eigenvalue weighted by Gasteiger charge is 2.28. The monoisotopic (exact) mass is 494 g/mol. The minimum absolute atomic E-state index is 0.0316. The number of rotatable bonds is 11. The molecule has 36 heavy (non-hydrogen) atoms. The molecule has 0 heterocycles. The molecule has 2 aromatic carbocycles. The minimum Gasteiger partial charge on any atom is -0.490 e. The van der Waals surface area contributed by atoms with Crippen molar-refractivity contribution in [3.05, 3.63) is 65.2 Å². The van der Waals surface area contributed by atoms with E-state index in [0.717, 1.165) is 32.1 Å². The van der Waals surface area contributed by atoms with Crippen molar-refractivity contribution in [1.82, 2.24) is 10.6 Å². The summed E-state index contributed by atoms with van der Waals surface area (Å²) < 4.78 is 11.2. The Balaban J connectivity index is 1.36. The Kier molecular flexibility index (Phi) is 10.3. The molecule has 1 fully saturated rings. The number of carbonyl (C=O) groups is 3. The molecule has 0 spiro atoms. The Morgan fingerprint density at radius 2 is 1.36 bits per heavy atom. The number of amides is 2. The largest absolute Gasteiger partial charge is 0.490 e. The van der Waals surface area contributed by atoms with E-state index in [-0.39, 0.29) is 29.8 Å². The third-order valence-corrected chi connectivity index (χ3v) is 6.27. The second-order valence-corrected chi connectivity index (χ2v) is 9.67. The first-order chi connectivity index (χ1) is 17.4. The maximum atomic E-state index is 12.4. The highest BCUT2D eigenvalue weighted by molar-refractivity contribution is 5.95. The zero-order valence-electron chi connectivity index (χ0n) is 21.5. The van der Waals surface area contributed by atoms with Gasteiger partial charge < -0.3 is 20.1 Å². The van der Waals surface area contributed by atoms with Crippen molar-refractivity contribution in [2.75, 3.05) is 19.7 Å². The fourth-order valence-corrected chi connectivity index (χ4v) is 4.37. The number of hydrogen-bond acceptors (Lipinski definition) is 5. The first-order valence-corrected chi connectivity index (χ1v) is 12.9. The van der Waals surface area contributed by atoms with Gasteiger partial charge in [-0.05, 0) is 86.9 Å². The third-order valence-electron chi connectivity index (χ3n) is 6.27. The maximum absolute atomic E-state index is 12.4. The lowest BCUT2D eigenvalue weighted by atomic mass is 9.87. The lowest BCUT2D eigenvalue weighted by Crippen LogP contribution is -2.34. The standard InChI is InChI=1S/C29H38N2O5/c1-4-35-29(34)24-11-15-26(16-12-24)36-25-13-9-23(10-14-25)28(33)31-18-17-30-27(32)22-7-5-21(6-8-22)19-20(2)3/h5-10,13-14,20,24,26H,4,11-12,15-19H2,1-3H3,(H,30,32)(H,31,33)/t24-,26+. The molecule has 0 bridgehead atoms. The van der Waals surface area contributed by atoms with Crippen LogP contribution >= 0.6 is 0 Å². The van der Waals surface area contributed by atoms with Gasteiger partial charge in [0.15, 0.2) is 0 Å². The molecule has 0 unspecified atom stereocenters. The van der Waals surface area contributed by atoms with Gasteiger partial charge >= 0.3 is 5.97 Å². The van der Waals surface area contributed by atoms with Gasteiger partial charge in [-0.2, -0.15) is 0 Å². The van der Waals surface area contributed by atoms with Crippen LogP contribution in [0.3, 0.4) is 0 Å². The van der Waals surface area contributed by atoms with Crippen molar-refractivity contribution in [1.29, 1.82) is 0 Å². The number of benzene rings is 2. The van der Waals surface area contributed by atoms with E-state index in [4.69, 9.17) is 9.47 Å². The molecular weight excluding hydrogens is 456 g/mol. The van der Waals surface area contributed by atoms with Crippen LogP contribution in [0.2, 0.25) is 0 Å². The molecule has 0 radical (unpaired) electrons. The Hall–Kier alpha value is -3.35. The molecule has 7 heteroatoms. The van der Waals surface area contributed by atoms with Gasteiger partial charge in [-0.25, -0.2) is 0 Å². The van der Waals surface area contributed by atoms with E-state index >= 15 is 0 Å². The number of ether oxygens (including phenoxy) is 2. The van der Waals surface area contributed by atoms with Crippen LogP contribution in [0, 0.1) is 11.8 Å². The molecule has 1 aliphatic rings. The molecule has 0 aliphatic heterocycles. The fraction of sp³-hybridized carbons (Fsp3) is 0.483. The molecule has 2 amide bonds. The van der Waals surface area contributed by atoms with E-state index in [2.05, 4.69) is 24.5 Å². The highest BCUT2D eigenvalue weighted by atomic mass is 16.5. The summed E-state index contributed by atoms with van der Waals surface area (Å²) in [5, 5.41) is 5.66. The van der Waals surface area contributed by atoms with E-state index in [0.29, 0.717) is 42.5 Å². The molecule has 0 atom stereocenters. The quantitative estimate of drug-likeness (QED) is 0.353. The molecule has 0 saturated heterocycles. The number of carbonyl (C=O) groups excluding carboxylic acids is 3. The van der Waals surface area contributed by atoms with Crippen LogP contribution in [-0.2, 0) is 16.0 Å². The van der Waals surface area contributed by atoms with Gasteiger partial charge in [0.25, 0.3) is 11.8 Å². The van der Waals surface area contributed by atoms with Crippen molar-refractivity contribution in [3.63, 3.8) is 0 Å². The topological polar surface area (TPSA) is 93.7 Å². The average molecular weight is 495 g/mol. The van der Waals surface area contributed by atoms with Crippen molar-refractivity contribution in [2.45, 2.75) is 59.0 Å². The van der Waals surface area contributed by atoms with Gasteiger partial charge in [0.05, 0.1) is 18.6 Å². The summed E-state index contributed by atoms with van der Waals surface area (Å²) in [6.07, 6.45) is 4.19. The van der Waals surface area contributed by atoms with Crippen molar-refractivity contribution < 1.29 is 23.9 Å². The van der Waals surface area contributed by atoms with E-state index in [1.807, 2.05) is 31.2 Å². The fourth-order valence-electron chi connectivity index (χ4n) is 4.37. The van der Waals surface area contributed by atoms with Crippen molar-refractivity contribution >= 4 is 17.8 Å². The number of nitrogens with one attached hydrogen (secondary N) is 2. The van der Waals surface area contributed by atoms with Gasteiger partial charge in [0, 0.05) is 24.2 Å². The van der Waals surface area contributed by atoms with E-state index in [1.165, 1.54) is 5.56 Å². The lowest BCUT2D eigenvalue weighted by Gasteiger charge is -2.27. The second kappa shape index (κ2) is 13.7. The van der Waals surface area contributed by atoms with Crippen LogP contribution in [0.4, 0.5) is 0 Å². The second-order valence-electron chi connectivity index (χ2n) is 9.67. The van der Waals surface area contributed by atoms with Gasteiger partial charge in [-0.1, -0.05) is 26.0 Å². The van der Waals surface area contributed by atoms with Gasteiger partial charge in [-0.15, -0.1) is 0 Å². The summed E-state index contributed by atoms with van der Waals surface area (Å²) in [5.74, 6) is 0.776. The summed E-state index contributed by atoms with van der Waals surface area (Å²) in [4.78, 5) is 36.6. The predicted molar refractivity (Wildman–Crippen MR) is 139 cm³/mol. The van der Waals surface area contributed by atoms with E-state index in [1.54, 1.807) is 24.3 Å². The van der Waals surface area contributed by atoms with Crippen molar-refractivity contribution in [3.8, 4) is 5.75 Å². The van der Waals surface area contributed by atoms with E-state index in [9.17, 15) is 14.4 Å². The Morgan fingerprint density at radius 1 is 0.833 bits per heavy atom. The van der Waals surface area contributed by atoms with Crippen LogP contribution in [0.25, 0.3) is 0 Å². The summed E-state index contributed by atoms with van der Waals surface area (Å²) in [7, 11) is 0. The van der Waals surface area contributed by atoms with Crippen LogP contribution in [-0.4, -0.2) is 43.6 Å². The normalized spacial score (nSPS) is 17.3. The van der Waals surface area contributed by atoms with Crippen molar-refractivity contribution in [2.24, 2.45) is 11.8 Å². The molecular formula is C29H38N2O5. The molecule has 1 saturated carbocycles. The molecule has 2 aromatic rings. The SMILES string of the molecule is CCOC(=O)[C@H]1CC[C@@H](Oc2ccc(C(=O)NCCNC(=O)c3ccc(CC(C)C)cc3)cc2)CC1. The first kappa shape index (κ1) is 27.2. The number of hydrogen-bond donors (Lipinski definition) is 2. The molecule has 2 N–H and O–H groups in total. The van der Waals surface area contributed by atoms with Gasteiger partial charge in [-0.3, -0.25) is 14.4 Å². The molecule has 0 aromatic heterocycles. The minimum atomic E-state index is -0.205. The van der Waals surface area contributed by atoms with Crippen LogP contribution < -0.4 is 15.4 Å². The smallest absolute Gasteiger partial charge is 0.308 e. The third kappa shape index (κ3) is 8.40. The molecule has 3 rings (SSSR count). The molecule has 7 nitrogen and oxygen atoms in total. The summed E-state index contributed by atoms with van der Waals surface area (Å²) in [6.45, 7) is 7.24. The van der Waals surface area contributed by atoms with E-state index < -0.39 is 0 Å². The van der Waals surface area contributed by atoms with Crippen LogP contribution in [0.15, 0.2) is 48.5 Å². The van der Waals surface area contributed by atoms with Gasteiger partial charge in [0.2, 0.25) is 0 Å². The summed E-state index contributed by atoms with van der Waals surface area (Å²) in [6, 6.07) is 14.7.